The van der Waals surface area contributed by atoms with Gasteiger partial charge in [0.25, 0.3) is 5.88 Å². The molecule has 1 heterocycles. The van der Waals surface area contributed by atoms with Gasteiger partial charge in [-0.25, -0.2) is 0 Å². The van der Waals surface area contributed by atoms with Gasteiger partial charge in [-0.15, -0.1) is 0 Å². The number of nitro groups is 1. The average molecular weight is 415 g/mol. The Hall–Kier alpha value is -4.46. The van der Waals surface area contributed by atoms with Gasteiger partial charge in [0.2, 0.25) is 0 Å². The lowest BCUT2D eigenvalue weighted by Crippen LogP contribution is -2.14. The molecule has 0 aliphatic heterocycles. The van der Waals surface area contributed by atoms with Crippen molar-refractivity contribution < 1.29 is 14.8 Å². The Balaban J connectivity index is 1.42. The van der Waals surface area contributed by atoms with Gasteiger partial charge in [0.15, 0.2) is 0 Å². The number of ether oxygens (including phenoxy) is 1. The molecule has 0 amide bonds. The maximum Gasteiger partial charge on any atom is 0.395 e. The molecule has 0 spiro atoms. The maximum atomic E-state index is 11.7. The zero-order valence-corrected chi connectivity index (χ0v) is 16.2. The van der Waals surface area contributed by atoms with Crippen molar-refractivity contribution in [1.82, 2.24) is 9.97 Å². The molecule has 8 nitrogen and oxygen atoms in total. The molecule has 154 valence electrons. The molecule has 8 heteroatoms. The topological polar surface area (TPSA) is 118 Å². The monoisotopic (exact) mass is 415 g/mol. The summed E-state index contributed by atoms with van der Waals surface area (Å²) in [5.74, 6) is -0.222. The second kappa shape index (κ2) is 8.50. The zero-order valence-electron chi connectivity index (χ0n) is 16.2. The second-order valence-corrected chi connectivity index (χ2v) is 6.75. The molecule has 2 N–H and O–H groups in total. The van der Waals surface area contributed by atoms with Crippen molar-refractivity contribution in [2.75, 3.05) is 0 Å². The van der Waals surface area contributed by atoms with Gasteiger partial charge in [-0.05, 0) is 46.2 Å². The molecule has 4 aromatic rings. The lowest BCUT2D eigenvalue weighted by atomic mass is 10.1. The number of hydrogen-bond donors (Lipinski definition) is 2. The van der Waals surface area contributed by atoms with Crippen LogP contribution in [-0.2, 0) is 6.61 Å². The number of aromatic nitrogens is 2. The van der Waals surface area contributed by atoms with Crippen LogP contribution in [0, 0.1) is 10.1 Å². The Bertz CT molecular complexity index is 1340. The molecule has 0 aliphatic rings. The minimum atomic E-state index is -1.02. The highest BCUT2D eigenvalue weighted by Crippen LogP contribution is 2.20. The molecule has 3 aromatic carbocycles. The van der Waals surface area contributed by atoms with Crippen molar-refractivity contribution in [1.29, 1.82) is 0 Å². The third-order valence-corrected chi connectivity index (χ3v) is 4.61. The first-order valence-corrected chi connectivity index (χ1v) is 9.36. The second-order valence-electron chi connectivity index (χ2n) is 6.75. The van der Waals surface area contributed by atoms with Crippen molar-refractivity contribution in [2.24, 2.45) is 0 Å². The largest absolute Gasteiger partial charge is 0.489 e. The first-order chi connectivity index (χ1) is 15.0. The average Bonchev–Trinajstić information content (AvgIpc) is 2.76. The summed E-state index contributed by atoms with van der Waals surface area (Å²) in [6, 6.07) is 21.6. The first kappa shape index (κ1) is 19.8. The van der Waals surface area contributed by atoms with Crippen molar-refractivity contribution in [3.8, 4) is 11.6 Å². The highest BCUT2D eigenvalue weighted by Gasteiger charge is 2.21. The Morgan fingerprint density at radius 2 is 1.77 bits per heavy atom. The van der Waals surface area contributed by atoms with E-state index in [0.29, 0.717) is 12.4 Å². The van der Waals surface area contributed by atoms with Crippen LogP contribution in [0.4, 0.5) is 5.69 Å². The molecule has 31 heavy (non-hydrogen) atoms. The van der Waals surface area contributed by atoms with Crippen LogP contribution in [0.25, 0.3) is 22.9 Å². The molecule has 1 aromatic heterocycles. The Kier molecular flexibility index (Phi) is 5.44. The van der Waals surface area contributed by atoms with Crippen molar-refractivity contribution in [3.63, 3.8) is 0 Å². The summed E-state index contributed by atoms with van der Waals surface area (Å²) in [6.45, 7) is 0.438. The Labute approximate surface area is 176 Å². The lowest BCUT2D eigenvalue weighted by molar-refractivity contribution is -0.387. The van der Waals surface area contributed by atoms with Crippen LogP contribution in [0.2, 0.25) is 0 Å². The van der Waals surface area contributed by atoms with Crippen molar-refractivity contribution >= 4 is 28.6 Å². The number of nitrogens with zero attached hydrogens (tertiary/aromatic N) is 2. The smallest absolute Gasteiger partial charge is 0.395 e. The number of nitrogens with one attached hydrogen (secondary N) is 1. The van der Waals surface area contributed by atoms with Crippen LogP contribution in [-0.4, -0.2) is 20.0 Å². The molecule has 0 atom stereocenters. The predicted octanol–water partition coefficient (Wildman–Crippen LogP) is 4.29. The van der Waals surface area contributed by atoms with Gasteiger partial charge >= 0.3 is 11.2 Å². The van der Waals surface area contributed by atoms with Crippen LogP contribution < -0.4 is 10.3 Å². The molecule has 0 bridgehead atoms. The number of H-pyrrole nitrogens is 1. The molecule has 0 aliphatic carbocycles. The van der Waals surface area contributed by atoms with Crippen molar-refractivity contribution in [2.45, 2.75) is 6.61 Å². The minimum Gasteiger partial charge on any atom is -0.489 e. The van der Waals surface area contributed by atoms with Gasteiger partial charge in [0.1, 0.15) is 18.2 Å². The Morgan fingerprint density at radius 3 is 2.48 bits per heavy atom. The number of fused-ring (bicyclic) bond motifs is 1. The first-order valence-electron chi connectivity index (χ1n) is 9.36. The highest BCUT2D eigenvalue weighted by atomic mass is 16.6. The summed E-state index contributed by atoms with van der Waals surface area (Å²) in [5, 5.41) is 22.6. The van der Waals surface area contributed by atoms with Crippen LogP contribution in [0.5, 0.6) is 11.6 Å². The van der Waals surface area contributed by atoms with E-state index in [2.05, 4.69) is 34.2 Å². The summed E-state index contributed by atoms with van der Waals surface area (Å²) in [5.41, 5.74) is -0.145. The van der Waals surface area contributed by atoms with E-state index in [-0.39, 0.29) is 5.82 Å². The summed E-state index contributed by atoms with van der Waals surface area (Å²) in [7, 11) is 0. The van der Waals surface area contributed by atoms with E-state index in [9.17, 15) is 20.0 Å². The number of rotatable bonds is 6. The third-order valence-electron chi connectivity index (χ3n) is 4.61. The molecule has 0 unspecified atom stereocenters. The Morgan fingerprint density at radius 1 is 1.03 bits per heavy atom. The van der Waals surface area contributed by atoms with Gasteiger partial charge in [0.05, 0.1) is 4.92 Å². The van der Waals surface area contributed by atoms with Crippen LogP contribution in [0.1, 0.15) is 17.0 Å². The highest BCUT2D eigenvalue weighted by molar-refractivity contribution is 5.82. The summed E-state index contributed by atoms with van der Waals surface area (Å²) in [4.78, 5) is 27.3. The van der Waals surface area contributed by atoms with Gasteiger partial charge in [0, 0.05) is 0 Å². The van der Waals surface area contributed by atoms with E-state index >= 15 is 0 Å². The van der Waals surface area contributed by atoms with E-state index in [1.165, 1.54) is 11.5 Å². The van der Waals surface area contributed by atoms with Crippen LogP contribution >= 0.6 is 0 Å². The van der Waals surface area contributed by atoms with E-state index in [1.54, 1.807) is 6.08 Å². The molecule has 0 saturated heterocycles. The van der Waals surface area contributed by atoms with Gasteiger partial charge in [-0.2, -0.15) is 4.98 Å². The maximum absolute atomic E-state index is 11.7. The summed E-state index contributed by atoms with van der Waals surface area (Å²) < 4.78 is 5.84. The van der Waals surface area contributed by atoms with E-state index in [4.69, 9.17) is 4.74 Å². The van der Waals surface area contributed by atoms with Crippen molar-refractivity contribution in [3.05, 3.63) is 104 Å². The molecule has 0 saturated carbocycles. The number of benzene rings is 3. The van der Waals surface area contributed by atoms with E-state index < -0.39 is 22.0 Å². The number of aromatic hydroxyl groups is 1. The standard InChI is InChI=1S/C23H17N3O5/c27-22-21(26(29)30)23(28)25-20(24-22)12-8-15-6-10-19(11-7-15)31-14-16-5-9-17-3-1-2-4-18(17)13-16/h1-13H,14H2,(H2,24,25,27,28)/b12-8+. The van der Waals surface area contributed by atoms with Gasteiger partial charge in [-0.3, -0.25) is 14.9 Å². The normalized spacial score (nSPS) is 11.1. The molecular formula is C23H17N3O5. The van der Waals surface area contributed by atoms with E-state index in [1.807, 2.05) is 42.5 Å². The quantitative estimate of drug-likeness (QED) is 0.358. The molecule has 4 rings (SSSR count). The summed E-state index contributed by atoms with van der Waals surface area (Å²) >= 11 is 0. The van der Waals surface area contributed by atoms with Crippen LogP contribution in [0.3, 0.4) is 0 Å². The molecular weight excluding hydrogens is 398 g/mol. The predicted molar refractivity (Wildman–Crippen MR) is 117 cm³/mol. The number of aromatic amines is 1. The SMILES string of the molecule is O=c1[nH]c(/C=C/c2ccc(OCc3ccc4ccccc4c3)cc2)nc(O)c1[N+](=O)[O-]. The van der Waals surface area contributed by atoms with Gasteiger partial charge in [-0.1, -0.05) is 54.6 Å². The molecule has 0 radical (unpaired) electrons. The minimum absolute atomic E-state index is 0.00438. The lowest BCUT2D eigenvalue weighted by Gasteiger charge is -2.08. The fraction of sp³-hybridized carbons (Fsp3) is 0.0435. The fourth-order valence-corrected chi connectivity index (χ4v) is 3.06. The van der Waals surface area contributed by atoms with Crippen LogP contribution in [0.15, 0.2) is 71.5 Å². The third kappa shape index (κ3) is 4.59. The number of hydrogen-bond acceptors (Lipinski definition) is 6. The zero-order chi connectivity index (χ0) is 21.8. The van der Waals surface area contributed by atoms with E-state index in [0.717, 1.165) is 16.5 Å². The van der Waals surface area contributed by atoms with Gasteiger partial charge < -0.3 is 14.8 Å². The molecule has 0 fully saturated rings. The fourth-order valence-electron chi connectivity index (χ4n) is 3.06. The summed E-state index contributed by atoms with van der Waals surface area (Å²) in [6.07, 6.45) is 3.09.